The fourth-order valence-corrected chi connectivity index (χ4v) is 2.04. The molecule has 2 rings (SSSR count). The second kappa shape index (κ2) is 5.40. The van der Waals surface area contributed by atoms with Gasteiger partial charge in [-0.25, -0.2) is 0 Å². The number of amides is 3. The first kappa shape index (κ1) is 13.5. The number of nitrogens with zero attached hydrogens (tertiary/aromatic N) is 1. The third-order valence-electron chi connectivity index (χ3n) is 3.04. The van der Waals surface area contributed by atoms with Crippen LogP contribution < -0.4 is 5.32 Å². The molecule has 1 aliphatic heterocycles. The lowest BCUT2D eigenvalue weighted by Gasteiger charge is -2.31. The summed E-state index contributed by atoms with van der Waals surface area (Å²) in [6.07, 6.45) is 0. The van der Waals surface area contributed by atoms with Crippen molar-refractivity contribution in [3.8, 4) is 0 Å². The Labute approximate surface area is 115 Å². The van der Waals surface area contributed by atoms with Crippen molar-refractivity contribution >= 4 is 29.3 Å². The third kappa shape index (κ3) is 2.76. The Morgan fingerprint density at radius 2 is 2.00 bits per heavy atom. The number of piperazine rings is 1. The van der Waals surface area contributed by atoms with Crippen LogP contribution in [-0.2, 0) is 15.5 Å². The number of hydrogen-bond acceptors (Lipinski definition) is 3. The Balaban J connectivity index is 2.22. The lowest BCUT2D eigenvalue weighted by Crippen LogP contribution is -2.58. The van der Waals surface area contributed by atoms with Gasteiger partial charge in [0.25, 0.3) is 5.91 Å². The van der Waals surface area contributed by atoms with E-state index in [1.807, 2.05) is 0 Å². The van der Waals surface area contributed by atoms with Crippen LogP contribution in [0.4, 0.5) is 0 Å². The third-order valence-corrected chi connectivity index (χ3v) is 3.35. The molecule has 1 saturated heterocycles. The van der Waals surface area contributed by atoms with Crippen LogP contribution in [0.2, 0.25) is 0 Å². The van der Waals surface area contributed by atoms with E-state index in [-0.39, 0.29) is 12.5 Å². The summed E-state index contributed by atoms with van der Waals surface area (Å²) in [5.74, 6) is -0.886. The molecule has 3 amide bonds. The molecule has 1 fully saturated rings. The van der Waals surface area contributed by atoms with Gasteiger partial charge in [0.1, 0.15) is 12.6 Å². The number of imide groups is 1. The van der Waals surface area contributed by atoms with E-state index in [4.69, 9.17) is 11.6 Å². The first-order chi connectivity index (χ1) is 9.02. The van der Waals surface area contributed by atoms with E-state index >= 15 is 0 Å². The number of alkyl halides is 1. The molecule has 0 saturated carbocycles. The molecule has 0 aromatic heterocycles. The number of rotatable bonds is 2. The van der Waals surface area contributed by atoms with E-state index in [9.17, 15) is 14.4 Å². The lowest BCUT2D eigenvalue weighted by atomic mass is 10.1. The molecule has 19 heavy (non-hydrogen) atoms. The van der Waals surface area contributed by atoms with Gasteiger partial charge < -0.3 is 4.90 Å². The van der Waals surface area contributed by atoms with E-state index in [0.29, 0.717) is 11.4 Å². The summed E-state index contributed by atoms with van der Waals surface area (Å²) in [7, 11) is 0. The van der Waals surface area contributed by atoms with E-state index in [1.165, 1.54) is 4.90 Å². The van der Waals surface area contributed by atoms with E-state index in [2.05, 4.69) is 5.32 Å². The fraction of sp³-hybridized carbons (Fsp3) is 0.308. The molecule has 1 unspecified atom stereocenters. The molecule has 100 valence electrons. The van der Waals surface area contributed by atoms with Crippen LogP contribution in [0.1, 0.15) is 22.8 Å². The summed E-state index contributed by atoms with van der Waals surface area (Å²) in [6.45, 7) is 1.48. The molecule has 1 heterocycles. The maximum Gasteiger partial charge on any atom is 0.254 e. The maximum atomic E-state index is 12.3. The highest BCUT2D eigenvalue weighted by molar-refractivity contribution is 6.17. The van der Waals surface area contributed by atoms with Crippen molar-refractivity contribution in [1.29, 1.82) is 0 Å². The predicted molar refractivity (Wildman–Crippen MR) is 69.6 cm³/mol. The second-order valence-corrected chi connectivity index (χ2v) is 4.62. The highest BCUT2D eigenvalue weighted by Crippen LogP contribution is 2.13. The Kier molecular flexibility index (Phi) is 3.85. The topological polar surface area (TPSA) is 66.5 Å². The quantitative estimate of drug-likeness (QED) is 0.647. The number of hydrogen-bond donors (Lipinski definition) is 1. The molecular formula is C13H13ClN2O3. The fourth-order valence-electron chi connectivity index (χ4n) is 1.86. The first-order valence-corrected chi connectivity index (χ1v) is 6.36. The van der Waals surface area contributed by atoms with Crippen LogP contribution in [0.15, 0.2) is 24.3 Å². The Morgan fingerprint density at radius 3 is 2.58 bits per heavy atom. The van der Waals surface area contributed by atoms with Gasteiger partial charge >= 0.3 is 0 Å². The molecule has 0 radical (unpaired) electrons. The van der Waals surface area contributed by atoms with Crippen molar-refractivity contribution < 1.29 is 14.4 Å². The standard InChI is InChI=1S/C13H13ClN2O3/c1-8-12(18)15-11(17)7-16(8)13(19)10-4-2-9(6-14)3-5-10/h2-5,8H,6-7H2,1H3,(H,15,17,18). The van der Waals surface area contributed by atoms with Gasteiger partial charge in [-0.05, 0) is 24.6 Å². The summed E-state index contributed by atoms with van der Waals surface area (Å²) in [4.78, 5) is 36.4. The minimum atomic E-state index is -0.655. The lowest BCUT2D eigenvalue weighted by molar-refractivity contribution is -0.138. The molecule has 0 aliphatic carbocycles. The molecule has 1 aromatic carbocycles. The van der Waals surface area contributed by atoms with Crippen molar-refractivity contribution in [2.75, 3.05) is 6.54 Å². The van der Waals surface area contributed by atoms with Crippen molar-refractivity contribution in [3.63, 3.8) is 0 Å². The summed E-state index contributed by atoms with van der Waals surface area (Å²) < 4.78 is 0. The molecule has 0 spiro atoms. The summed E-state index contributed by atoms with van der Waals surface area (Å²) >= 11 is 5.68. The molecular weight excluding hydrogens is 268 g/mol. The van der Waals surface area contributed by atoms with Gasteiger partial charge in [-0.3, -0.25) is 19.7 Å². The SMILES string of the molecule is CC1C(=O)NC(=O)CN1C(=O)c1ccc(CCl)cc1. The predicted octanol–water partition coefficient (Wildman–Crippen LogP) is 0.912. The molecule has 1 aromatic rings. The molecule has 1 atom stereocenters. The van der Waals surface area contributed by atoms with Crippen molar-refractivity contribution in [2.24, 2.45) is 0 Å². The monoisotopic (exact) mass is 280 g/mol. The molecule has 5 nitrogen and oxygen atoms in total. The van der Waals surface area contributed by atoms with Crippen LogP contribution >= 0.6 is 11.6 Å². The van der Waals surface area contributed by atoms with E-state index in [1.54, 1.807) is 31.2 Å². The molecule has 6 heteroatoms. The van der Waals surface area contributed by atoms with E-state index < -0.39 is 17.9 Å². The maximum absolute atomic E-state index is 12.3. The Bertz CT molecular complexity index is 527. The average Bonchev–Trinajstić information content (AvgIpc) is 2.42. The van der Waals surface area contributed by atoms with Crippen LogP contribution in [-0.4, -0.2) is 35.2 Å². The van der Waals surface area contributed by atoms with Crippen LogP contribution in [0.25, 0.3) is 0 Å². The van der Waals surface area contributed by atoms with Crippen LogP contribution in [0, 0.1) is 0 Å². The van der Waals surface area contributed by atoms with Gasteiger partial charge in [-0.15, -0.1) is 11.6 Å². The Morgan fingerprint density at radius 1 is 1.37 bits per heavy atom. The average molecular weight is 281 g/mol. The van der Waals surface area contributed by atoms with Gasteiger partial charge in [0, 0.05) is 11.4 Å². The molecule has 0 bridgehead atoms. The number of carbonyl (C=O) groups is 3. The zero-order valence-corrected chi connectivity index (χ0v) is 11.1. The second-order valence-electron chi connectivity index (χ2n) is 4.35. The summed E-state index contributed by atoms with van der Waals surface area (Å²) in [5.41, 5.74) is 1.34. The van der Waals surface area contributed by atoms with Gasteiger partial charge in [-0.1, -0.05) is 12.1 Å². The normalized spacial score (nSPS) is 19.3. The van der Waals surface area contributed by atoms with Crippen LogP contribution in [0.5, 0.6) is 0 Å². The van der Waals surface area contributed by atoms with E-state index in [0.717, 1.165) is 5.56 Å². The van der Waals surface area contributed by atoms with Crippen molar-refractivity contribution in [1.82, 2.24) is 10.2 Å². The zero-order valence-electron chi connectivity index (χ0n) is 10.4. The largest absolute Gasteiger partial charge is 0.318 e. The van der Waals surface area contributed by atoms with Gasteiger partial charge in [-0.2, -0.15) is 0 Å². The van der Waals surface area contributed by atoms with Gasteiger partial charge in [0.15, 0.2) is 0 Å². The summed E-state index contributed by atoms with van der Waals surface area (Å²) in [5, 5.41) is 2.19. The smallest absolute Gasteiger partial charge is 0.254 e. The van der Waals surface area contributed by atoms with Gasteiger partial charge in [0.05, 0.1) is 0 Å². The minimum Gasteiger partial charge on any atom is -0.318 e. The number of halogens is 1. The summed E-state index contributed by atoms with van der Waals surface area (Å²) in [6, 6.07) is 6.12. The number of benzene rings is 1. The van der Waals surface area contributed by atoms with Crippen molar-refractivity contribution in [2.45, 2.75) is 18.8 Å². The number of nitrogens with one attached hydrogen (secondary N) is 1. The van der Waals surface area contributed by atoms with Gasteiger partial charge in [0.2, 0.25) is 11.8 Å². The highest BCUT2D eigenvalue weighted by Gasteiger charge is 2.33. The zero-order chi connectivity index (χ0) is 14.0. The highest BCUT2D eigenvalue weighted by atomic mass is 35.5. The number of carbonyl (C=O) groups excluding carboxylic acids is 3. The molecule has 1 N–H and O–H groups in total. The Hall–Kier alpha value is -1.88. The van der Waals surface area contributed by atoms with Crippen molar-refractivity contribution in [3.05, 3.63) is 35.4 Å². The molecule has 1 aliphatic rings. The van der Waals surface area contributed by atoms with Crippen LogP contribution in [0.3, 0.4) is 0 Å². The minimum absolute atomic E-state index is 0.108. The first-order valence-electron chi connectivity index (χ1n) is 5.82.